The molecule has 19 heavy (non-hydrogen) atoms. The zero-order valence-corrected chi connectivity index (χ0v) is 17.7. The van der Waals surface area contributed by atoms with E-state index in [0.29, 0.717) is 0 Å². The summed E-state index contributed by atoms with van der Waals surface area (Å²) < 4.78 is 11.2. The first-order chi connectivity index (χ1) is 8.86. The quantitative estimate of drug-likeness (QED) is 0.641. The maximum absolute atomic E-state index is 5.58. The molecule has 0 fully saturated rings. The topological polar surface area (TPSA) is 18.5 Å². The molecule has 3 heteroatoms. The molecule has 0 atom stereocenters. The van der Waals surface area contributed by atoms with Crippen molar-refractivity contribution in [1.29, 1.82) is 0 Å². The number of methoxy groups -OCH3 is 2. The third-order valence-corrected chi connectivity index (χ3v) is 3.24. The van der Waals surface area contributed by atoms with Gasteiger partial charge in [-0.05, 0) is 0 Å². The van der Waals surface area contributed by atoms with E-state index in [-0.39, 0.29) is 68.9 Å². The first-order valence-corrected chi connectivity index (χ1v) is 5.88. The van der Waals surface area contributed by atoms with Gasteiger partial charge >= 0.3 is 0 Å². The van der Waals surface area contributed by atoms with Crippen molar-refractivity contribution in [3.63, 3.8) is 0 Å². The van der Waals surface area contributed by atoms with Crippen LogP contribution in [0.1, 0.15) is 0 Å². The first-order valence-electron chi connectivity index (χ1n) is 5.88. The Bertz CT molecular complexity index is 603. The minimum Gasteiger partial charge on any atom is -0.495 e. The largest absolute Gasteiger partial charge is 0.495 e. The van der Waals surface area contributed by atoms with E-state index in [1.807, 2.05) is 24.3 Å². The van der Waals surface area contributed by atoms with Crippen molar-refractivity contribution < 1.29 is 9.47 Å². The Morgan fingerprint density at radius 3 is 1.05 bits per heavy atom. The monoisotopic (exact) mass is 371 g/mol. The van der Waals surface area contributed by atoms with Gasteiger partial charge in [0.15, 0.2) is 0 Å². The first kappa shape index (κ1) is 15.2. The molecule has 0 bridgehead atoms. The molecule has 3 aromatic rings. The molecule has 0 unspecified atom stereocenters. The molecule has 0 aliphatic carbocycles. The summed E-state index contributed by atoms with van der Waals surface area (Å²) in [5.74, 6) is 1.81. The van der Waals surface area contributed by atoms with Crippen LogP contribution in [0.5, 0.6) is 11.5 Å². The van der Waals surface area contributed by atoms with Crippen LogP contribution in [0.25, 0.3) is 21.5 Å². The Morgan fingerprint density at radius 2 is 0.842 bits per heavy atom. The summed E-state index contributed by atoms with van der Waals surface area (Å²) in [6.07, 6.45) is 0. The van der Waals surface area contributed by atoms with E-state index < -0.39 is 0 Å². The van der Waals surface area contributed by atoms with Crippen molar-refractivity contribution in [2.75, 3.05) is 14.2 Å². The summed E-state index contributed by atoms with van der Waals surface area (Å²) in [6, 6.07) is 16.3. The van der Waals surface area contributed by atoms with E-state index >= 15 is 0 Å². The molecule has 2 nitrogen and oxygen atoms in total. The van der Waals surface area contributed by atoms with E-state index in [9.17, 15) is 0 Å². The van der Waals surface area contributed by atoms with Crippen molar-refractivity contribution in [3.8, 4) is 11.5 Å². The second-order valence-corrected chi connectivity index (χ2v) is 4.16. The summed E-state index contributed by atoms with van der Waals surface area (Å²) in [5, 5.41) is 4.32. The van der Waals surface area contributed by atoms with Gasteiger partial charge in [0.25, 0.3) is 0 Å². The minimum atomic E-state index is 0. The predicted molar refractivity (Wildman–Crippen MR) is 80.3 cm³/mol. The van der Waals surface area contributed by atoms with Gasteiger partial charge < -0.3 is 9.47 Å². The molecule has 0 aromatic heterocycles. The van der Waals surface area contributed by atoms with Crippen molar-refractivity contribution >= 4 is 90.4 Å². The number of ether oxygens (including phenoxy) is 2. The van der Waals surface area contributed by atoms with Crippen molar-refractivity contribution in [2.45, 2.75) is 0 Å². The summed E-state index contributed by atoms with van der Waals surface area (Å²) in [5.41, 5.74) is 0. The summed E-state index contributed by atoms with van der Waals surface area (Å²) in [7, 11) is 3.42. The van der Waals surface area contributed by atoms with Gasteiger partial charge in [0.2, 0.25) is 0 Å². The van der Waals surface area contributed by atoms with Crippen LogP contribution in [-0.2, 0) is 0 Å². The maximum atomic E-state index is 5.58. The Kier molecular flexibility index (Phi) is 5.23. The zero-order chi connectivity index (χ0) is 12.5. The third kappa shape index (κ3) is 2.55. The average molecular weight is 371 g/mol. The van der Waals surface area contributed by atoms with Crippen molar-refractivity contribution in [2.24, 2.45) is 0 Å². The van der Waals surface area contributed by atoms with Crippen LogP contribution < -0.4 is 9.47 Å². The van der Waals surface area contributed by atoms with Gasteiger partial charge in [-0.25, -0.2) is 0 Å². The van der Waals surface area contributed by atoms with Crippen LogP contribution in [-0.4, -0.2) is 83.1 Å². The van der Waals surface area contributed by atoms with Crippen molar-refractivity contribution in [1.82, 2.24) is 0 Å². The van der Waals surface area contributed by atoms with E-state index in [0.717, 1.165) is 33.0 Å². The summed E-state index contributed by atoms with van der Waals surface area (Å²) >= 11 is 0. The molecule has 0 aliphatic heterocycles. The van der Waals surface area contributed by atoms with Crippen LogP contribution in [0.4, 0.5) is 0 Å². The smallest absolute Gasteiger partial charge is 0.134 e. The zero-order valence-electron chi connectivity index (χ0n) is 11.4. The van der Waals surface area contributed by atoms with Gasteiger partial charge in [-0.3, -0.25) is 0 Å². The molecule has 0 spiro atoms. The van der Waals surface area contributed by atoms with Crippen LogP contribution >= 0.6 is 0 Å². The molecule has 0 aliphatic rings. The number of fused-ring (bicyclic) bond motifs is 2. The predicted octanol–water partition coefficient (Wildman–Crippen LogP) is 3.63. The van der Waals surface area contributed by atoms with Gasteiger partial charge in [-0.15, -0.1) is 0 Å². The fraction of sp³-hybridized carbons (Fsp3) is 0.125. The van der Waals surface area contributed by atoms with E-state index in [2.05, 4.69) is 24.3 Å². The summed E-state index contributed by atoms with van der Waals surface area (Å²) in [4.78, 5) is 0. The molecule has 0 saturated carbocycles. The Labute approximate surface area is 171 Å². The SMILES string of the molecule is COc1c2ccccc2c(OC)c2ccccc12.[Cs]. The molecule has 0 saturated heterocycles. The minimum absolute atomic E-state index is 0. The second-order valence-electron chi connectivity index (χ2n) is 4.16. The normalized spacial score (nSPS) is 10.2. The number of benzene rings is 3. The van der Waals surface area contributed by atoms with Crippen molar-refractivity contribution in [3.05, 3.63) is 48.5 Å². The third-order valence-electron chi connectivity index (χ3n) is 3.24. The van der Waals surface area contributed by atoms with Gasteiger partial charge in [0.05, 0.1) is 14.2 Å². The Morgan fingerprint density at radius 1 is 0.579 bits per heavy atom. The molecule has 0 heterocycles. The molecule has 0 N–H and O–H groups in total. The molecular weight excluding hydrogens is 357 g/mol. The number of hydrogen-bond acceptors (Lipinski definition) is 2. The Hall–Kier alpha value is -0.168. The number of rotatable bonds is 2. The van der Waals surface area contributed by atoms with Gasteiger partial charge in [0.1, 0.15) is 11.5 Å². The number of hydrogen-bond donors (Lipinski definition) is 0. The fourth-order valence-electron chi connectivity index (χ4n) is 2.49. The molecule has 0 amide bonds. The van der Waals surface area contributed by atoms with Crippen LogP contribution in [0, 0.1) is 0 Å². The van der Waals surface area contributed by atoms with Crippen LogP contribution in [0.2, 0.25) is 0 Å². The molecule has 3 rings (SSSR count). The van der Waals surface area contributed by atoms with E-state index in [1.165, 1.54) is 0 Å². The summed E-state index contributed by atoms with van der Waals surface area (Å²) in [6.45, 7) is 0. The molecule has 91 valence electrons. The average Bonchev–Trinajstić information content (AvgIpc) is 2.44. The second kappa shape index (κ2) is 6.52. The van der Waals surface area contributed by atoms with Crippen LogP contribution in [0.15, 0.2) is 48.5 Å². The van der Waals surface area contributed by atoms with Crippen LogP contribution in [0.3, 0.4) is 0 Å². The van der Waals surface area contributed by atoms with E-state index in [1.54, 1.807) is 14.2 Å². The Balaban J connectivity index is 0.00000133. The standard InChI is InChI=1S/C16H14O2.Cs/c1-17-15-11-7-3-5-9-13(11)16(18-2)14-10-6-4-8-12(14)15;/h3-10H,1-2H3;. The molecular formula is C16H14CsO2. The maximum Gasteiger partial charge on any atom is 0.134 e. The van der Waals surface area contributed by atoms with Gasteiger partial charge in [-0.1, -0.05) is 48.5 Å². The molecule has 3 aromatic carbocycles. The van der Waals surface area contributed by atoms with E-state index in [4.69, 9.17) is 9.47 Å². The molecule has 1 radical (unpaired) electrons. The van der Waals surface area contributed by atoms with Gasteiger partial charge in [-0.2, -0.15) is 0 Å². The van der Waals surface area contributed by atoms with Gasteiger partial charge in [0, 0.05) is 90.4 Å². The fourth-order valence-corrected chi connectivity index (χ4v) is 2.49.